The number of hydrogen-bond acceptors (Lipinski definition) is 8. The van der Waals surface area contributed by atoms with Gasteiger partial charge in [0.15, 0.2) is 11.5 Å². The van der Waals surface area contributed by atoms with Crippen molar-refractivity contribution in [2.75, 3.05) is 7.11 Å². The summed E-state index contributed by atoms with van der Waals surface area (Å²) in [5.74, 6) is -0.0614. The van der Waals surface area contributed by atoms with Crippen LogP contribution in [0.15, 0.2) is 83.9 Å². The van der Waals surface area contributed by atoms with Crippen LogP contribution >= 0.6 is 11.8 Å². The summed E-state index contributed by atoms with van der Waals surface area (Å²) in [7, 11) is 1.43. The zero-order valence-corrected chi connectivity index (χ0v) is 20.3. The van der Waals surface area contributed by atoms with Crippen molar-refractivity contribution in [3.8, 4) is 17.4 Å². The van der Waals surface area contributed by atoms with E-state index < -0.39 is 4.92 Å². The Hall–Kier alpha value is -4.70. The highest BCUT2D eigenvalue weighted by molar-refractivity contribution is 8.18. The molecule has 2 heterocycles. The van der Waals surface area contributed by atoms with Crippen LogP contribution in [0, 0.1) is 10.1 Å². The second-order valence-electron chi connectivity index (χ2n) is 8.00. The Labute approximate surface area is 215 Å². The van der Waals surface area contributed by atoms with Crippen LogP contribution in [-0.2, 0) is 11.3 Å². The summed E-state index contributed by atoms with van der Waals surface area (Å²) < 4.78 is 11.0. The van der Waals surface area contributed by atoms with Crippen molar-refractivity contribution in [1.82, 2.24) is 9.88 Å². The largest absolute Gasteiger partial charge is 0.493 e. The number of carbonyl (C=O) groups is 2. The van der Waals surface area contributed by atoms with E-state index in [0.717, 1.165) is 28.1 Å². The standard InChI is InChI=1S/C27H19N3O6S/c1-35-23-14-17(11-12-22(23)36-25-21(30(33)34)10-5-13-28-25)15-24-26(31)29(27(32)37-24)16-19-8-4-7-18-6-2-3-9-20(18)19/h2-15H,16H2,1H3/b24-15-. The summed E-state index contributed by atoms with van der Waals surface area (Å²) >= 11 is 0.868. The van der Waals surface area contributed by atoms with E-state index in [1.54, 1.807) is 24.3 Å². The van der Waals surface area contributed by atoms with Crippen LogP contribution in [0.5, 0.6) is 17.4 Å². The number of hydrogen-bond donors (Lipinski definition) is 0. The smallest absolute Gasteiger partial charge is 0.331 e. The van der Waals surface area contributed by atoms with E-state index in [1.807, 2.05) is 42.5 Å². The molecule has 37 heavy (non-hydrogen) atoms. The molecule has 1 aromatic heterocycles. The molecule has 10 heteroatoms. The number of benzene rings is 3. The zero-order chi connectivity index (χ0) is 25.9. The lowest BCUT2D eigenvalue weighted by molar-refractivity contribution is -0.386. The molecular weight excluding hydrogens is 494 g/mol. The number of ether oxygens (including phenoxy) is 2. The Morgan fingerprint density at radius 3 is 2.65 bits per heavy atom. The maximum absolute atomic E-state index is 13.1. The molecule has 1 aliphatic heterocycles. The Kier molecular flexibility index (Phi) is 6.57. The number of carbonyl (C=O) groups excluding carboxylic acids is 2. The first kappa shape index (κ1) is 24.0. The van der Waals surface area contributed by atoms with Gasteiger partial charge in [-0.15, -0.1) is 0 Å². The number of aromatic nitrogens is 1. The van der Waals surface area contributed by atoms with Gasteiger partial charge in [-0.05, 0) is 57.9 Å². The second-order valence-corrected chi connectivity index (χ2v) is 9.00. The summed E-state index contributed by atoms with van der Waals surface area (Å²) in [5.41, 5.74) is 1.19. The molecule has 0 spiro atoms. The van der Waals surface area contributed by atoms with Gasteiger partial charge in [0, 0.05) is 12.3 Å². The SMILES string of the molecule is COc1cc(/C=C2\SC(=O)N(Cc3cccc4ccccc34)C2=O)ccc1Oc1ncccc1[N+](=O)[O-]. The van der Waals surface area contributed by atoms with Gasteiger partial charge in [-0.1, -0.05) is 48.5 Å². The molecule has 0 unspecified atom stereocenters. The number of imide groups is 1. The lowest BCUT2D eigenvalue weighted by Gasteiger charge is -2.14. The van der Waals surface area contributed by atoms with Gasteiger partial charge in [-0.25, -0.2) is 4.98 Å². The Balaban J connectivity index is 1.38. The lowest BCUT2D eigenvalue weighted by atomic mass is 10.0. The first-order chi connectivity index (χ1) is 17.9. The minimum Gasteiger partial charge on any atom is -0.493 e. The molecule has 2 amide bonds. The first-order valence-electron chi connectivity index (χ1n) is 11.1. The molecule has 0 saturated carbocycles. The number of fused-ring (bicyclic) bond motifs is 1. The fraction of sp³-hybridized carbons (Fsp3) is 0.0741. The quantitative estimate of drug-likeness (QED) is 0.164. The topological polar surface area (TPSA) is 112 Å². The van der Waals surface area contributed by atoms with Crippen LogP contribution in [0.1, 0.15) is 11.1 Å². The number of amides is 2. The average molecular weight is 514 g/mol. The lowest BCUT2D eigenvalue weighted by Crippen LogP contribution is -2.27. The molecule has 1 saturated heterocycles. The van der Waals surface area contributed by atoms with Gasteiger partial charge in [-0.3, -0.25) is 24.6 Å². The summed E-state index contributed by atoms with van der Waals surface area (Å²) in [5, 5.41) is 12.9. The van der Waals surface area contributed by atoms with Gasteiger partial charge >= 0.3 is 5.69 Å². The Morgan fingerprint density at radius 1 is 1.03 bits per heavy atom. The number of thioether (sulfide) groups is 1. The van der Waals surface area contributed by atoms with Gasteiger partial charge in [0.25, 0.3) is 17.0 Å². The van der Waals surface area contributed by atoms with E-state index in [4.69, 9.17) is 9.47 Å². The van der Waals surface area contributed by atoms with Crippen molar-refractivity contribution in [1.29, 1.82) is 0 Å². The first-order valence-corrected chi connectivity index (χ1v) is 11.9. The van der Waals surface area contributed by atoms with E-state index in [1.165, 1.54) is 30.3 Å². The van der Waals surface area contributed by atoms with Gasteiger partial charge in [-0.2, -0.15) is 0 Å². The minimum absolute atomic E-state index is 0.169. The Morgan fingerprint density at radius 2 is 1.84 bits per heavy atom. The Bertz CT molecular complexity index is 1580. The van der Waals surface area contributed by atoms with Gasteiger partial charge in [0.05, 0.1) is 23.5 Å². The van der Waals surface area contributed by atoms with Crippen LogP contribution in [-0.4, -0.2) is 33.1 Å². The van der Waals surface area contributed by atoms with Gasteiger partial charge in [0.1, 0.15) is 0 Å². The third-order valence-corrected chi connectivity index (χ3v) is 6.63. The van der Waals surface area contributed by atoms with E-state index in [-0.39, 0.29) is 45.7 Å². The van der Waals surface area contributed by atoms with Crippen molar-refractivity contribution in [2.45, 2.75) is 6.54 Å². The molecule has 1 aliphatic rings. The predicted molar refractivity (Wildman–Crippen MR) is 139 cm³/mol. The molecule has 4 aromatic rings. The maximum atomic E-state index is 13.1. The van der Waals surface area contributed by atoms with Crippen LogP contribution in [0.25, 0.3) is 16.8 Å². The number of nitro groups is 1. The third-order valence-electron chi connectivity index (χ3n) is 5.72. The monoisotopic (exact) mass is 513 g/mol. The van der Waals surface area contributed by atoms with Crippen LogP contribution in [0.3, 0.4) is 0 Å². The molecule has 3 aromatic carbocycles. The van der Waals surface area contributed by atoms with Gasteiger partial charge < -0.3 is 9.47 Å². The molecule has 184 valence electrons. The highest BCUT2D eigenvalue weighted by Crippen LogP contribution is 2.38. The molecule has 0 atom stereocenters. The number of methoxy groups -OCH3 is 1. The highest BCUT2D eigenvalue weighted by Gasteiger charge is 2.35. The molecule has 0 radical (unpaired) electrons. The van der Waals surface area contributed by atoms with E-state index in [9.17, 15) is 19.7 Å². The summed E-state index contributed by atoms with van der Waals surface area (Å²) in [6, 6.07) is 21.2. The third kappa shape index (κ3) is 4.87. The molecule has 0 bridgehead atoms. The van der Waals surface area contributed by atoms with Crippen molar-refractivity contribution >= 4 is 45.4 Å². The highest BCUT2D eigenvalue weighted by atomic mass is 32.2. The molecule has 0 aliphatic carbocycles. The molecule has 1 fully saturated rings. The molecule has 0 N–H and O–H groups in total. The van der Waals surface area contributed by atoms with Crippen LogP contribution < -0.4 is 9.47 Å². The maximum Gasteiger partial charge on any atom is 0.331 e. The fourth-order valence-electron chi connectivity index (χ4n) is 3.95. The van der Waals surface area contributed by atoms with Crippen molar-refractivity contribution < 1.29 is 24.0 Å². The van der Waals surface area contributed by atoms with E-state index >= 15 is 0 Å². The molecule has 5 rings (SSSR count). The number of rotatable bonds is 7. The summed E-state index contributed by atoms with van der Waals surface area (Å²) in [6.45, 7) is 0.169. The van der Waals surface area contributed by atoms with Crippen LogP contribution in [0.4, 0.5) is 10.5 Å². The van der Waals surface area contributed by atoms with Crippen molar-refractivity contribution in [3.05, 3.63) is 105 Å². The fourth-order valence-corrected chi connectivity index (χ4v) is 4.79. The van der Waals surface area contributed by atoms with Crippen molar-refractivity contribution in [3.63, 3.8) is 0 Å². The molecule has 9 nitrogen and oxygen atoms in total. The summed E-state index contributed by atoms with van der Waals surface area (Å²) in [4.78, 5) is 41.9. The summed E-state index contributed by atoms with van der Waals surface area (Å²) in [6.07, 6.45) is 2.99. The number of pyridine rings is 1. The van der Waals surface area contributed by atoms with E-state index in [2.05, 4.69) is 4.98 Å². The number of nitrogens with zero attached hydrogens (tertiary/aromatic N) is 3. The minimum atomic E-state index is -0.586. The van der Waals surface area contributed by atoms with Gasteiger partial charge in [0.2, 0.25) is 0 Å². The average Bonchev–Trinajstić information content (AvgIpc) is 3.17. The normalized spacial score (nSPS) is 14.4. The predicted octanol–water partition coefficient (Wildman–Crippen LogP) is 6.18. The second kappa shape index (κ2) is 10.1. The van der Waals surface area contributed by atoms with Crippen molar-refractivity contribution in [2.24, 2.45) is 0 Å². The van der Waals surface area contributed by atoms with Crippen LogP contribution in [0.2, 0.25) is 0 Å². The zero-order valence-electron chi connectivity index (χ0n) is 19.5. The van der Waals surface area contributed by atoms with E-state index in [0.29, 0.717) is 5.56 Å². The molecular formula is C27H19N3O6S.